The summed E-state index contributed by atoms with van der Waals surface area (Å²) >= 11 is 12.1. The molecule has 1 aliphatic rings. The lowest BCUT2D eigenvalue weighted by Crippen LogP contribution is -2.33. The normalized spacial score (nSPS) is 15.7. The van der Waals surface area contributed by atoms with Crippen molar-refractivity contribution < 1.29 is 0 Å². The average molecular weight is 364 g/mol. The molecule has 2 aromatic rings. The molecule has 1 fully saturated rings. The smallest absolute Gasteiger partial charge is 0.128 e. The first-order valence-electron chi connectivity index (χ1n) is 8.46. The summed E-state index contributed by atoms with van der Waals surface area (Å²) in [6.07, 6.45) is 4.48. The highest BCUT2D eigenvalue weighted by Gasteiger charge is 2.16. The number of rotatable bonds is 5. The van der Waals surface area contributed by atoms with Crippen molar-refractivity contribution in [2.75, 3.05) is 18.0 Å². The van der Waals surface area contributed by atoms with Gasteiger partial charge in [0, 0.05) is 42.4 Å². The summed E-state index contributed by atoms with van der Waals surface area (Å²) in [6, 6.07) is 9.87. The van der Waals surface area contributed by atoms with E-state index in [0.717, 1.165) is 36.9 Å². The van der Waals surface area contributed by atoms with Crippen molar-refractivity contribution in [3.63, 3.8) is 0 Å². The van der Waals surface area contributed by atoms with Crippen molar-refractivity contribution in [3.8, 4) is 0 Å². The van der Waals surface area contributed by atoms with Gasteiger partial charge in [0.1, 0.15) is 5.82 Å². The molecule has 1 aromatic carbocycles. The topological polar surface area (TPSA) is 28.2 Å². The molecule has 0 spiro atoms. The fraction of sp³-hybridized carbons (Fsp3) is 0.421. The van der Waals surface area contributed by atoms with Crippen LogP contribution in [0.3, 0.4) is 0 Å². The number of halogens is 2. The lowest BCUT2D eigenvalue weighted by molar-refractivity contribution is 0.436. The third-order valence-corrected chi connectivity index (χ3v) is 5.16. The van der Waals surface area contributed by atoms with Crippen molar-refractivity contribution in [2.24, 2.45) is 5.92 Å². The Morgan fingerprint density at radius 2 is 1.92 bits per heavy atom. The quantitative estimate of drug-likeness (QED) is 0.817. The molecule has 1 saturated heterocycles. The van der Waals surface area contributed by atoms with E-state index in [-0.39, 0.29) is 0 Å². The number of hydrogen-bond donors (Lipinski definition) is 1. The summed E-state index contributed by atoms with van der Waals surface area (Å²) in [4.78, 5) is 7.00. The van der Waals surface area contributed by atoms with Crippen LogP contribution >= 0.6 is 23.2 Å². The Bertz CT molecular complexity index is 665. The second-order valence-corrected chi connectivity index (χ2v) is 7.38. The van der Waals surface area contributed by atoms with Crippen LogP contribution in [0, 0.1) is 5.92 Å². The van der Waals surface area contributed by atoms with E-state index in [1.165, 1.54) is 18.4 Å². The van der Waals surface area contributed by atoms with E-state index in [2.05, 4.69) is 34.3 Å². The van der Waals surface area contributed by atoms with Gasteiger partial charge in [-0.05, 0) is 48.1 Å². The number of aromatic nitrogens is 1. The third kappa shape index (κ3) is 4.62. The van der Waals surface area contributed by atoms with Crippen LogP contribution in [0.15, 0.2) is 36.5 Å². The SMILES string of the molecule is CC1CCN(c2ccc(CNCc3ccc(Cl)cc3Cl)cn2)CC1. The zero-order chi connectivity index (χ0) is 16.9. The molecule has 3 nitrogen and oxygen atoms in total. The molecule has 1 aliphatic heterocycles. The van der Waals surface area contributed by atoms with Gasteiger partial charge in [-0.15, -0.1) is 0 Å². The van der Waals surface area contributed by atoms with Gasteiger partial charge in [-0.1, -0.05) is 42.3 Å². The van der Waals surface area contributed by atoms with E-state index >= 15 is 0 Å². The number of benzene rings is 1. The first-order valence-corrected chi connectivity index (χ1v) is 9.22. The second-order valence-electron chi connectivity index (χ2n) is 6.53. The van der Waals surface area contributed by atoms with E-state index in [9.17, 15) is 0 Å². The molecule has 0 atom stereocenters. The number of pyridine rings is 1. The summed E-state index contributed by atoms with van der Waals surface area (Å²) in [5.41, 5.74) is 2.22. The number of anilines is 1. The largest absolute Gasteiger partial charge is 0.357 e. The molecule has 2 heterocycles. The minimum Gasteiger partial charge on any atom is -0.357 e. The van der Waals surface area contributed by atoms with Crippen LogP contribution in [0.5, 0.6) is 0 Å². The zero-order valence-corrected chi connectivity index (χ0v) is 15.4. The summed E-state index contributed by atoms with van der Waals surface area (Å²) in [6.45, 7) is 6.03. The van der Waals surface area contributed by atoms with E-state index in [1.807, 2.05) is 18.3 Å². The predicted octanol–water partition coefficient (Wildman–Crippen LogP) is 4.91. The molecule has 0 amide bonds. The van der Waals surface area contributed by atoms with Gasteiger partial charge in [0.25, 0.3) is 0 Å². The summed E-state index contributed by atoms with van der Waals surface area (Å²) in [5, 5.41) is 4.76. The minimum atomic E-state index is 0.663. The Hall–Kier alpha value is -1.29. The highest BCUT2D eigenvalue weighted by Crippen LogP contribution is 2.22. The highest BCUT2D eigenvalue weighted by molar-refractivity contribution is 6.35. The maximum atomic E-state index is 6.19. The van der Waals surface area contributed by atoms with Crippen LogP contribution in [-0.4, -0.2) is 18.1 Å². The van der Waals surface area contributed by atoms with Crippen LogP contribution in [0.1, 0.15) is 30.9 Å². The zero-order valence-electron chi connectivity index (χ0n) is 13.9. The minimum absolute atomic E-state index is 0.663. The second kappa shape index (κ2) is 8.19. The van der Waals surface area contributed by atoms with E-state index < -0.39 is 0 Å². The summed E-state index contributed by atoms with van der Waals surface area (Å²) < 4.78 is 0. The lowest BCUT2D eigenvalue weighted by atomic mass is 9.99. The molecule has 0 unspecified atom stereocenters. The molecular formula is C19H23Cl2N3. The molecule has 128 valence electrons. The van der Waals surface area contributed by atoms with Crippen molar-refractivity contribution in [1.82, 2.24) is 10.3 Å². The Morgan fingerprint density at radius 3 is 2.58 bits per heavy atom. The number of nitrogens with one attached hydrogen (secondary N) is 1. The van der Waals surface area contributed by atoms with Gasteiger partial charge < -0.3 is 10.2 Å². The van der Waals surface area contributed by atoms with Crippen molar-refractivity contribution >= 4 is 29.0 Å². The van der Waals surface area contributed by atoms with Gasteiger partial charge in [0.2, 0.25) is 0 Å². The Kier molecular flexibility index (Phi) is 5.99. The molecular weight excluding hydrogens is 341 g/mol. The van der Waals surface area contributed by atoms with Crippen LogP contribution in [-0.2, 0) is 13.1 Å². The Labute approximate surface area is 154 Å². The molecule has 0 aliphatic carbocycles. The van der Waals surface area contributed by atoms with Gasteiger partial charge in [0.05, 0.1) is 0 Å². The van der Waals surface area contributed by atoms with Crippen LogP contribution in [0.4, 0.5) is 5.82 Å². The standard InChI is InChI=1S/C19H23Cl2N3/c1-14-6-8-24(9-7-14)19-5-2-15(12-23-19)11-22-13-16-3-4-17(20)10-18(16)21/h2-5,10,12,14,22H,6-9,11,13H2,1H3. The van der Waals surface area contributed by atoms with Crippen molar-refractivity contribution in [3.05, 3.63) is 57.7 Å². The van der Waals surface area contributed by atoms with E-state index in [4.69, 9.17) is 23.2 Å². The van der Waals surface area contributed by atoms with E-state index in [1.54, 1.807) is 6.07 Å². The maximum Gasteiger partial charge on any atom is 0.128 e. The predicted molar refractivity (Wildman–Crippen MR) is 102 cm³/mol. The first kappa shape index (κ1) is 17.5. The molecule has 5 heteroatoms. The van der Waals surface area contributed by atoms with Crippen molar-refractivity contribution in [1.29, 1.82) is 0 Å². The number of hydrogen-bond acceptors (Lipinski definition) is 3. The first-order chi connectivity index (χ1) is 11.6. The summed E-state index contributed by atoms with van der Waals surface area (Å²) in [5.74, 6) is 1.93. The maximum absolute atomic E-state index is 6.19. The number of piperidine rings is 1. The average Bonchev–Trinajstić information content (AvgIpc) is 2.58. The van der Waals surface area contributed by atoms with Crippen LogP contribution in [0.25, 0.3) is 0 Å². The van der Waals surface area contributed by atoms with Crippen LogP contribution < -0.4 is 10.2 Å². The van der Waals surface area contributed by atoms with E-state index in [0.29, 0.717) is 16.6 Å². The van der Waals surface area contributed by atoms with Gasteiger partial charge in [-0.3, -0.25) is 0 Å². The van der Waals surface area contributed by atoms with Gasteiger partial charge in [0.15, 0.2) is 0 Å². The molecule has 0 radical (unpaired) electrons. The molecule has 0 bridgehead atoms. The van der Waals surface area contributed by atoms with Crippen LogP contribution in [0.2, 0.25) is 10.0 Å². The molecule has 3 rings (SSSR count). The Balaban J connectivity index is 1.51. The van der Waals surface area contributed by atoms with Crippen molar-refractivity contribution in [2.45, 2.75) is 32.9 Å². The molecule has 1 aromatic heterocycles. The number of nitrogens with zero attached hydrogens (tertiary/aromatic N) is 2. The molecule has 0 saturated carbocycles. The third-order valence-electron chi connectivity index (χ3n) is 4.58. The van der Waals surface area contributed by atoms with Gasteiger partial charge >= 0.3 is 0 Å². The fourth-order valence-electron chi connectivity index (χ4n) is 2.95. The highest BCUT2D eigenvalue weighted by atomic mass is 35.5. The molecule has 24 heavy (non-hydrogen) atoms. The molecule has 1 N–H and O–H groups in total. The van der Waals surface area contributed by atoms with Gasteiger partial charge in [-0.25, -0.2) is 4.98 Å². The van der Waals surface area contributed by atoms with Gasteiger partial charge in [-0.2, -0.15) is 0 Å². The fourth-order valence-corrected chi connectivity index (χ4v) is 3.43. The lowest BCUT2D eigenvalue weighted by Gasteiger charge is -2.31. The Morgan fingerprint density at radius 1 is 1.12 bits per heavy atom. The summed E-state index contributed by atoms with van der Waals surface area (Å²) in [7, 11) is 0. The monoisotopic (exact) mass is 363 g/mol.